The molecule has 0 aliphatic carbocycles. The van der Waals surface area contributed by atoms with Gasteiger partial charge in [-0.3, -0.25) is 4.90 Å². The Morgan fingerprint density at radius 3 is 2.58 bits per heavy atom. The molecule has 3 rings (SSSR count). The molecule has 0 radical (unpaired) electrons. The van der Waals surface area contributed by atoms with E-state index in [1.165, 1.54) is 0 Å². The molecule has 3 nitrogen and oxygen atoms in total. The number of ether oxygens (including phenoxy) is 1. The Morgan fingerprint density at radius 1 is 1.17 bits per heavy atom. The Morgan fingerprint density at radius 2 is 1.88 bits per heavy atom. The highest BCUT2D eigenvalue weighted by molar-refractivity contribution is 9.10. The summed E-state index contributed by atoms with van der Waals surface area (Å²) < 4.78 is 6.65. The predicted molar refractivity (Wildman–Crippen MR) is 99.3 cm³/mol. The van der Waals surface area contributed by atoms with Crippen LogP contribution < -0.4 is 0 Å². The van der Waals surface area contributed by atoms with Crippen molar-refractivity contribution in [3.8, 4) is 0 Å². The molecule has 0 spiro atoms. The van der Waals surface area contributed by atoms with Crippen molar-refractivity contribution in [3.63, 3.8) is 0 Å². The highest BCUT2D eigenvalue weighted by Crippen LogP contribution is 2.31. The third kappa shape index (κ3) is 3.93. The second kappa shape index (κ2) is 8.04. The Labute approximate surface area is 155 Å². The fraction of sp³-hybridized carbons (Fsp3) is 0.316. The molecule has 2 aromatic rings. The molecular formula is C19H19BrClNO2. The maximum absolute atomic E-state index is 12.4. The van der Waals surface area contributed by atoms with Crippen LogP contribution in [0.5, 0.6) is 0 Å². The molecule has 1 fully saturated rings. The van der Waals surface area contributed by atoms with Gasteiger partial charge < -0.3 is 4.74 Å². The standard InChI is InChI=1S/C19H19BrClNO2/c20-17-9-5-4-8-15(17)12-16-13-22(19(23)24-16)18(10-11-21)14-6-2-1-3-7-14/h1-9,16,18H,10-13H2. The van der Waals surface area contributed by atoms with E-state index in [-0.39, 0.29) is 18.2 Å². The van der Waals surface area contributed by atoms with Gasteiger partial charge in [0.25, 0.3) is 0 Å². The van der Waals surface area contributed by atoms with E-state index in [0.717, 1.165) is 15.6 Å². The van der Waals surface area contributed by atoms with E-state index in [1.807, 2.05) is 54.6 Å². The monoisotopic (exact) mass is 407 g/mol. The number of alkyl halides is 1. The van der Waals surface area contributed by atoms with Crippen molar-refractivity contribution >= 4 is 33.6 Å². The van der Waals surface area contributed by atoms with Crippen molar-refractivity contribution in [1.29, 1.82) is 0 Å². The Balaban J connectivity index is 1.74. The van der Waals surface area contributed by atoms with Gasteiger partial charge in [0.1, 0.15) is 6.10 Å². The summed E-state index contributed by atoms with van der Waals surface area (Å²) in [6.45, 7) is 0.580. The van der Waals surface area contributed by atoms with Crippen molar-refractivity contribution in [2.45, 2.75) is 25.0 Å². The first kappa shape index (κ1) is 17.3. The minimum Gasteiger partial charge on any atom is -0.444 e. The van der Waals surface area contributed by atoms with E-state index < -0.39 is 0 Å². The minimum atomic E-state index is -0.258. The van der Waals surface area contributed by atoms with Gasteiger partial charge in [-0.2, -0.15) is 0 Å². The number of hydrogen-bond donors (Lipinski definition) is 0. The van der Waals surface area contributed by atoms with Crippen LogP contribution in [0.1, 0.15) is 23.6 Å². The van der Waals surface area contributed by atoms with Gasteiger partial charge in [-0.15, -0.1) is 11.6 Å². The molecular weight excluding hydrogens is 390 g/mol. The Hall–Kier alpha value is -1.52. The van der Waals surface area contributed by atoms with Crippen molar-refractivity contribution in [3.05, 3.63) is 70.2 Å². The number of rotatable bonds is 6. The zero-order chi connectivity index (χ0) is 16.9. The second-order valence-corrected chi connectivity index (χ2v) is 7.09. The van der Waals surface area contributed by atoms with Gasteiger partial charge in [-0.1, -0.05) is 64.5 Å². The van der Waals surface area contributed by atoms with E-state index in [0.29, 0.717) is 25.3 Å². The van der Waals surface area contributed by atoms with E-state index in [9.17, 15) is 4.79 Å². The van der Waals surface area contributed by atoms with Gasteiger partial charge in [0.15, 0.2) is 0 Å². The Bertz CT molecular complexity index is 695. The SMILES string of the molecule is O=C1OC(Cc2ccccc2Br)CN1C(CCCl)c1ccccc1. The van der Waals surface area contributed by atoms with Crippen molar-refractivity contribution in [2.24, 2.45) is 0 Å². The van der Waals surface area contributed by atoms with Gasteiger partial charge in [0.05, 0.1) is 12.6 Å². The number of hydrogen-bond acceptors (Lipinski definition) is 2. The van der Waals surface area contributed by atoms with Crippen LogP contribution in [0.4, 0.5) is 4.79 Å². The zero-order valence-corrected chi connectivity index (χ0v) is 15.5. The van der Waals surface area contributed by atoms with E-state index in [2.05, 4.69) is 15.9 Å². The van der Waals surface area contributed by atoms with Gasteiger partial charge in [-0.05, 0) is 23.6 Å². The summed E-state index contributed by atoms with van der Waals surface area (Å²) in [6.07, 6.45) is 1.01. The zero-order valence-electron chi connectivity index (χ0n) is 13.2. The normalized spacial score (nSPS) is 18.5. The predicted octanol–water partition coefficient (Wildman–Crippen LogP) is 5.18. The van der Waals surface area contributed by atoms with Crippen LogP contribution in [-0.2, 0) is 11.2 Å². The number of amides is 1. The van der Waals surface area contributed by atoms with Crippen LogP contribution in [0.2, 0.25) is 0 Å². The molecule has 0 N–H and O–H groups in total. The molecule has 2 unspecified atom stereocenters. The smallest absolute Gasteiger partial charge is 0.410 e. The number of carbonyl (C=O) groups is 1. The highest BCUT2D eigenvalue weighted by atomic mass is 79.9. The highest BCUT2D eigenvalue weighted by Gasteiger charge is 2.36. The number of benzene rings is 2. The molecule has 5 heteroatoms. The molecule has 1 aliphatic heterocycles. The lowest BCUT2D eigenvalue weighted by molar-refractivity contribution is 0.127. The first-order valence-electron chi connectivity index (χ1n) is 8.00. The number of halogens is 2. The molecule has 1 heterocycles. The summed E-state index contributed by atoms with van der Waals surface area (Å²) in [6, 6.07) is 18.0. The van der Waals surface area contributed by atoms with Crippen LogP contribution in [0.15, 0.2) is 59.1 Å². The summed E-state index contributed by atoms with van der Waals surface area (Å²) >= 11 is 9.53. The van der Waals surface area contributed by atoms with Gasteiger partial charge in [-0.25, -0.2) is 4.79 Å². The summed E-state index contributed by atoms with van der Waals surface area (Å²) in [5, 5.41) is 0. The number of nitrogens with zero attached hydrogens (tertiary/aromatic N) is 1. The van der Waals surface area contributed by atoms with Crippen LogP contribution >= 0.6 is 27.5 Å². The molecule has 0 saturated carbocycles. The van der Waals surface area contributed by atoms with Crippen LogP contribution in [0.25, 0.3) is 0 Å². The van der Waals surface area contributed by atoms with Gasteiger partial charge >= 0.3 is 6.09 Å². The van der Waals surface area contributed by atoms with E-state index in [4.69, 9.17) is 16.3 Å². The fourth-order valence-corrected chi connectivity index (χ4v) is 3.75. The lowest BCUT2D eigenvalue weighted by Crippen LogP contribution is -2.31. The quantitative estimate of drug-likeness (QED) is 0.616. The van der Waals surface area contributed by atoms with Gasteiger partial charge in [0, 0.05) is 16.8 Å². The molecule has 0 aromatic heterocycles. The third-order valence-corrected chi connectivity index (χ3v) is 5.24. The van der Waals surface area contributed by atoms with Crippen molar-refractivity contribution < 1.29 is 9.53 Å². The lowest BCUT2D eigenvalue weighted by atomic mass is 10.0. The maximum Gasteiger partial charge on any atom is 0.410 e. The van der Waals surface area contributed by atoms with Crippen molar-refractivity contribution in [2.75, 3.05) is 12.4 Å². The minimum absolute atomic E-state index is 0.0413. The molecule has 24 heavy (non-hydrogen) atoms. The molecule has 2 atom stereocenters. The van der Waals surface area contributed by atoms with E-state index >= 15 is 0 Å². The number of carbonyl (C=O) groups excluding carboxylic acids is 1. The summed E-state index contributed by atoms with van der Waals surface area (Å²) in [4.78, 5) is 14.2. The largest absolute Gasteiger partial charge is 0.444 e. The topological polar surface area (TPSA) is 29.5 Å². The molecule has 126 valence electrons. The van der Waals surface area contributed by atoms with Crippen LogP contribution in [0.3, 0.4) is 0 Å². The van der Waals surface area contributed by atoms with Crippen LogP contribution in [-0.4, -0.2) is 29.5 Å². The molecule has 1 amide bonds. The van der Waals surface area contributed by atoms with E-state index in [1.54, 1.807) is 4.90 Å². The van der Waals surface area contributed by atoms with Crippen LogP contribution in [0, 0.1) is 0 Å². The lowest BCUT2D eigenvalue weighted by Gasteiger charge is -2.25. The fourth-order valence-electron chi connectivity index (χ4n) is 3.09. The molecule has 1 saturated heterocycles. The molecule has 2 aromatic carbocycles. The Kier molecular flexibility index (Phi) is 5.80. The number of cyclic esters (lactones) is 1. The summed E-state index contributed by atoms with van der Waals surface area (Å²) in [7, 11) is 0. The average molecular weight is 409 g/mol. The first-order valence-corrected chi connectivity index (χ1v) is 9.33. The molecule has 1 aliphatic rings. The average Bonchev–Trinajstić information content (AvgIpc) is 2.96. The van der Waals surface area contributed by atoms with Crippen molar-refractivity contribution in [1.82, 2.24) is 4.90 Å². The summed E-state index contributed by atoms with van der Waals surface area (Å²) in [5.41, 5.74) is 2.24. The summed E-state index contributed by atoms with van der Waals surface area (Å²) in [5.74, 6) is 0.498. The molecule has 0 bridgehead atoms. The maximum atomic E-state index is 12.4. The third-order valence-electron chi connectivity index (χ3n) is 4.25. The second-order valence-electron chi connectivity index (χ2n) is 5.86. The first-order chi connectivity index (χ1) is 11.7. The van der Waals surface area contributed by atoms with Gasteiger partial charge in [0.2, 0.25) is 0 Å².